The molecule has 0 aromatic carbocycles. The molecule has 0 radical (unpaired) electrons. The Kier molecular flexibility index (Phi) is 8.07. The lowest BCUT2D eigenvalue weighted by atomic mass is 10.1. The summed E-state index contributed by atoms with van der Waals surface area (Å²) in [6.07, 6.45) is 7.93. The second-order valence-electron chi connectivity index (χ2n) is 5.30. The van der Waals surface area contributed by atoms with Gasteiger partial charge in [-0.25, -0.2) is 0 Å². The van der Waals surface area contributed by atoms with Gasteiger partial charge in [0.05, 0.1) is 5.60 Å². The molecule has 0 aliphatic rings. The van der Waals surface area contributed by atoms with E-state index < -0.39 is 5.60 Å². The molecule has 92 valence electrons. The van der Waals surface area contributed by atoms with Crippen molar-refractivity contribution in [3.63, 3.8) is 0 Å². The molecule has 0 saturated carbocycles. The fourth-order valence-electron chi connectivity index (χ4n) is 1.58. The van der Waals surface area contributed by atoms with Crippen molar-refractivity contribution in [3.8, 4) is 0 Å². The zero-order valence-corrected chi connectivity index (χ0v) is 11.0. The highest BCUT2D eigenvalue weighted by atomic mass is 16.3. The van der Waals surface area contributed by atoms with Gasteiger partial charge in [0.2, 0.25) is 0 Å². The zero-order valence-electron chi connectivity index (χ0n) is 11.0. The van der Waals surface area contributed by atoms with E-state index in [1.807, 2.05) is 13.8 Å². The SMILES string of the molecule is CCCCCCC[C@H](C)NCC(C)(C)O. The lowest BCUT2D eigenvalue weighted by molar-refractivity contribution is 0.0766. The molecule has 0 heterocycles. The molecular weight excluding hydrogens is 186 g/mol. The highest BCUT2D eigenvalue weighted by Crippen LogP contribution is 2.07. The Bertz CT molecular complexity index is 140. The van der Waals surface area contributed by atoms with Crippen LogP contribution in [0.2, 0.25) is 0 Å². The highest BCUT2D eigenvalue weighted by molar-refractivity contribution is 4.71. The van der Waals surface area contributed by atoms with E-state index in [2.05, 4.69) is 19.2 Å². The van der Waals surface area contributed by atoms with Crippen LogP contribution in [0.25, 0.3) is 0 Å². The Morgan fingerprint density at radius 3 is 2.27 bits per heavy atom. The number of nitrogens with one attached hydrogen (secondary N) is 1. The minimum Gasteiger partial charge on any atom is -0.389 e. The quantitative estimate of drug-likeness (QED) is 0.579. The Hall–Kier alpha value is -0.0800. The molecule has 0 amide bonds. The molecule has 1 atom stereocenters. The van der Waals surface area contributed by atoms with Crippen molar-refractivity contribution in [2.45, 2.75) is 77.9 Å². The van der Waals surface area contributed by atoms with Gasteiger partial charge >= 0.3 is 0 Å². The zero-order chi connectivity index (χ0) is 11.7. The first-order valence-electron chi connectivity index (χ1n) is 6.41. The second-order valence-corrected chi connectivity index (χ2v) is 5.30. The molecule has 0 aromatic heterocycles. The van der Waals surface area contributed by atoms with Gasteiger partial charge in [-0.15, -0.1) is 0 Å². The molecule has 2 nitrogen and oxygen atoms in total. The first-order valence-corrected chi connectivity index (χ1v) is 6.41. The van der Waals surface area contributed by atoms with Crippen LogP contribution in [-0.4, -0.2) is 23.3 Å². The van der Waals surface area contributed by atoms with Gasteiger partial charge in [0.1, 0.15) is 0 Å². The van der Waals surface area contributed by atoms with Crippen LogP contribution < -0.4 is 5.32 Å². The Morgan fingerprint density at radius 1 is 1.13 bits per heavy atom. The van der Waals surface area contributed by atoms with E-state index in [-0.39, 0.29) is 0 Å². The van der Waals surface area contributed by atoms with Crippen LogP contribution in [0.3, 0.4) is 0 Å². The Balaban J connectivity index is 3.30. The van der Waals surface area contributed by atoms with Crippen molar-refractivity contribution in [1.82, 2.24) is 5.32 Å². The minimum absolute atomic E-state index is 0.526. The summed E-state index contributed by atoms with van der Waals surface area (Å²) < 4.78 is 0. The summed E-state index contributed by atoms with van der Waals surface area (Å²) in [5.41, 5.74) is -0.587. The van der Waals surface area contributed by atoms with Crippen LogP contribution in [0.1, 0.15) is 66.2 Å². The molecule has 0 rings (SSSR count). The third-order valence-corrected chi connectivity index (χ3v) is 2.62. The standard InChI is InChI=1S/C13H29NO/c1-5-6-7-8-9-10-12(2)14-11-13(3,4)15/h12,14-15H,5-11H2,1-4H3/t12-/m0/s1. The third kappa shape index (κ3) is 11.8. The van der Waals surface area contributed by atoms with Crippen LogP contribution in [-0.2, 0) is 0 Å². The smallest absolute Gasteiger partial charge is 0.0715 e. The lowest BCUT2D eigenvalue weighted by Crippen LogP contribution is -2.39. The highest BCUT2D eigenvalue weighted by Gasteiger charge is 2.13. The van der Waals surface area contributed by atoms with E-state index in [0.29, 0.717) is 12.6 Å². The fraction of sp³-hybridized carbons (Fsp3) is 1.00. The van der Waals surface area contributed by atoms with E-state index >= 15 is 0 Å². The summed E-state index contributed by atoms with van der Waals surface area (Å²) in [6.45, 7) is 8.81. The Morgan fingerprint density at radius 2 is 1.73 bits per heavy atom. The molecule has 0 unspecified atom stereocenters. The second kappa shape index (κ2) is 8.12. The monoisotopic (exact) mass is 215 g/mol. The summed E-state index contributed by atoms with van der Waals surface area (Å²) in [6, 6.07) is 0.526. The van der Waals surface area contributed by atoms with E-state index in [0.717, 1.165) is 0 Å². The van der Waals surface area contributed by atoms with Gasteiger partial charge in [-0.2, -0.15) is 0 Å². The van der Waals surface area contributed by atoms with Crippen molar-refractivity contribution in [2.24, 2.45) is 0 Å². The van der Waals surface area contributed by atoms with Crippen molar-refractivity contribution >= 4 is 0 Å². The number of aliphatic hydroxyl groups is 1. The van der Waals surface area contributed by atoms with Gasteiger partial charge in [0.25, 0.3) is 0 Å². The Labute approximate surface area is 95.5 Å². The maximum Gasteiger partial charge on any atom is 0.0715 e. The van der Waals surface area contributed by atoms with Crippen LogP contribution in [0.4, 0.5) is 0 Å². The van der Waals surface area contributed by atoms with Gasteiger partial charge in [-0.1, -0.05) is 39.0 Å². The van der Waals surface area contributed by atoms with Crippen molar-refractivity contribution in [1.29, 1.82) is 0 Å². The minimum atomic E-state index is -0.587. The predicted octanol–water partition coefficient (Wildman–Crippen LogP) is 3.10. The normalized spacial score (nSPS) is 14.2. The first kappa shape index (κ1) is 14.9. The van der Waals surface area contributed by atoms with E-state index in [4.69, 9.17) is 0 Å². The maximum absolute atomic E-state index is 9.55. The molecule has 0 aliphatic carbocycles. The molecule has 2 heteroatoms. The van der Waals surface area contributed by atoms with Gasteiger partial charge in [0, 0.05) is 12.6 Å². The van der Waals surface area contributed by atoms with Crippen LogP contribution in [0.15, 0.2) is 0 Å². The fourth-order valence-corrected chi connectivity index (χ4v) is 1.58. The topological polar surface area (TPSA) is 32.3 Å². The van der Waals surface area contributed by atoms with Crippen molar-refractivity contribution < 1.29 is 5.11 Å². The molecule has 0 saturated heterocycles. The number of hydrogen-bond acceptors (Lipinski definition) is 2. The summed E-state index contributed by atoms with van der Waals surface area (Å²) >= 11 is 0. The van der Waals surface area contributed by atoms with Gasteiger partial charge in [-0.05, 0) is 27.2 Å². The molecule has 15 heavy (non-hydrogen) atoms. The van der Waals surface area contributed by atoms with Crippen molar-refractivity contribution in [2.75, 3.05) is 6.54 Å². The maximum atomic E-state index is 9.55. The molecule has 2 N–H and O–H groups in total. The van der Waals surface area contributed by atoms with Gasteiger partial charge in [0.15, 0.2) is 0 Å². The molecule has 0 spiro atoms. The van der Waals surface area contributed by atoms with Gasteiger partial charge in [-0.3, -0.25) is 0 Å². The molecule has 0 fully saturated rings. The summed E-state index contributed by atoms with van der Waals surface area (Å²) in [5, 5.41) is 12.9. The first-order chi connectivity index (χ1) is 6.95. The molecule has 0 aliphatic heterocycles. The average Bonchev–Trinajstić information content (AvgIpc) is 2.13. The van der Waals surface area contributed by atoms with Crippen LogP contribution in [0.5, 0.6) is 0 Å². The number of hydrogen-bond donors (Lipinski definition) is 2. The molecule has 0 aromatic rings. The van der Waals surface area contributed by atoms with E-state index in [1.165, 1.54) is 38.5 Å². The summed E-state index contributed by atoms with van der Waals surface area (Å²) in [4.78, 5) is 0. The largest absolute Gasteiger partial charge is 0.389 e. The number of unbranched alkanes of at least 4 members (excludes halogenated alkanes) is 4. The van der Waals surface area contributed by atoms with Gasteiger partial charge < -0.3 is 10.4 Å². The molecule has 0 bridgehead atoms. The van der Waals surface area contributed by atoms with Crippen molar-refractivity contribution in [3.05, 3.63) is 0 Å². The van der Waals surface area contributed by atoms with E-state index in [1.54, 1.807) is 0 Å². The summed E-state index contributed by atoms with van der Waals surface area (Å²) in [5.74, 6) is 0. The average molecular weight is 215 g/mol. The molecular formula is C13H29NO. The lowest BCUT2D eigenvalue weighted by Gasteiger charge is -2.21. The predicted molar refractivity (Wildman–Crippen MR) is 67.1 cm³/mol. The van der Waals surface area contributed by atoms with E-state index in [9.17, 15) is 5.11 Å². The van der Waals surface area contributed by atoms with Crippen LogP contribution >= 0.6 is 0 Å². The number of rotatable bonds is 9. The third-order valence-electron chi connectivity index (χ3n) is 2.62. The summed E-state index contributed by atoms with van der Waals surface area (Å²) in [7, 11) is 0. The van der Waals surface area contributed by atoms with Crippen LogP contribution in [0, 0.1) is 0 Å².